The van der Waals surface area contributed by atoms with Crippen LogP contribution in [0.4, 0.5) is 18.9 Å². The molecule has 0 unspecified atom stereocenters. The first kappa shape index (κ1) is 10.8. The predicted octanol–water partition coefficient (Wildman–Crippen LogP) is 3.15. The average Bonchev–Trinajstić information content (AvgIpc) is 3.00. The molecule has 84 valence electrons. The Kier molecular flexibility index (Phi) is 2.50. The van der Waals surface area contributed by atoms with Gasteiger partial charge in [0, 0.05) is 6.04 Å². The molecule has 0 spiro atoms. The summed E-state index contributed by atoms with van der Waals surface area (Å²) in [5.74, 6) is 0. The van der Waals surface area contributed by atoms with E-state index in [0.29, 0.717) is 0 Å². The van der Waals surface area contributed by atoms with Crippen molar-refractivity contribution in [3.05, 3.63) is 29.3 Å². The Morgan fingerprint density at radius 2 is 2.00 bits per heavy atom. The summed E-state index contributed by atoms with van der Waals surface area (Å²) in [6.07, 6.45) is -2.59. The first-order chi connectivity index (χ1) is 7.52. The summed E-state index contributed by atoms with van der Waals surface area (Å²) in [5.41, 5.74) is -0.914. The Bertz CT molecular complexity index is 442. The molecule has 0 atom stereocenters. The van der Waals surface area contributed by atoms with Crippen molar-refractivity contribution in [3.63, 3.8) is 0 Å². The number of nitrogens with zero attached hydrogens (tertiary/aromatic N) is 1. The standard InChI is InChI=1S/C11H9F3N2/c12-11(13,14)9-2-1-3-10(8(9)6-15)16-7-4-5-7/h1-3,7,16H,4-5H2. The van der Waals surface area contributed by atoms with Crippen molar-refractivity contribution in [2.45, 2.75) is 25.1 Å². The fraction of sp³-hybridized carbons (Fsp3) is 0.364. The highest BCUT2D eigenvalue weighted by atomic mass is 19.4. The fourth-order valence-electron chi connectivity index (χ4n) is 1.48. The molecule has 0 saturated heterocycles. The van der Waals surface area contributed by atoms with Gasteiger partial charge < -0.3 is 5.32 Å². The van der Waals surface area contributed by atoms with Crippen molar-refractivity contribution >= 4 is 5.69 Å². The minimum Gasteiger partial charge on any atom is -0.381 e. The van der Waals surface area contributed by atoms with Gasteiger partial charge in [-0.15, -0.1) is 0 Å². The molecular weight excluding hydrogens is 217 g/mol. The van der Waals surface area contributed by atoms with E-state index < -0.39 is 11.7 Å². The highest BCUT2D eigenvalue weighted by molar-refractivity contribution is 5.62. The van der Waals surface area contributed by atoms with Crippen molar-refractivity contribution in [3.8, 4) is 6.07 Å². The van der Waals surface area contributed by atoms with Crippen LogP contribution in [0.5, 0.6) is 0 Å². The van der Waals surface area contributed by atoms with Gasteiger partial charge in [-0.25, -0.2) is 0 Å². The molecule has 0 aliphatic heterocycles. The smallest absolute Gasteiger partial charge is 0.381 e. The van der Waals surface area contributed by atoms with Gasteiger partial charge in [-0.3, -0.25) is 0 Å². The summed E-state index contributed by atoms with van der Waals surface area (Å²) in [4.78, 5) is 0. The van der Waals surface area contributed by atoms with E-state index in [4.69, 9.17) is 5.26 Å². The third-order valence-corrected chi connectivity index (χ3v) is 2.42. The Labute approximate surface area is 90.7 Å². The Hall–Kier alpha value is -1.70. The van der Waals surface area contributed by atoms with E-state index in [1.807, 2.05) is 0 Å². The Balaban J connectivity index is 2.42. The van der Waals surface area contributed by atoms with E-state index in [1.165, 1.54) is 12.1 Å². The zero-order valence-electron chi connectivity index (χ0n) is 8.30. The van der Waals surface area contributed by atoms with Crippen LogP contribution in [0, 0.1) is 11.3 Å². The molecule has 16 heavy (non-hydrogen) atoms. The lowest BCUT2D eigenvalue weighted by molar-refractivity contribution is -0.137. The maximum Gasteiger partial charge on any atom is 0.417 e. The summed E-state index contributed by atoms with van der Waals surface area (Å²) < 4.78 is 37.8. The molecule has 1 aliphatic rings. The second-order valence-corrected chi connectivity index (χ2v) is 3.76. The van der Waals surface area contributed by atoms with Gasteiger partial charge in [0.05, 0.1) is 16.8 Å². The van der Waals surface area contributed by atoms with Crippen LogP contribution in [0.1, 0.15) is 24.0 Å². The van der Waals surface area contributed by atoms with Gasteiger partial charge in [-0.05, 0) is 25.0 Å². The third-order valence-electron chi connectivity index (χ3n) is 2.42. The van der Waals surface area contributed by atoms with Crippen LogP contribution in [-0.2, 0) is 6.18 Å². The SMILES string of the molecule is N#Cc1c(NC2CC2)cccc1C(F)(F)F. The first-order valence-corrected chi connectivity index (χ1v) is 4.89. The number of rotatable bonds is 2. The minimum atomic E-state index is -4.48. The molecule has 0 aromatic heterocycles. The molecule has 1 saturated carbocycles. The molecule has 1 fully saturated rings. The maximum absolute atomic E-state index is 12.6. The van der Waals surface area contributed by atoms with Crippen molar-refractivity contribution in [2.24, 2.45) is 0 Å². The van der Waals surface area contributed by atoms with Crippen molar-refractivity contribution in [1.29, 1.82) is 5.26 Å². The van der Waals surface area contributed by atoms with Gasteiger partial charge in [0.1, 0.15) is 6.07 Å². The molecule has 2 nitrogen and oxygen atoms in total. The lowest BCUT2D eigenvalue weighted by Gasteiger charge is -2.13. The van der Waals surface area contributed by atoms with E-state index in [1.54, 1.807) is 6.07 Å². The van der Waals surface area contributed by atoms with Gasteiger partial charge >= 0.3 is 6.18 Å². The van der Waals surface area contributed by atoms with Crippen LogP contribution in [0.3, 0.4) is 0 Å². The largest absolute Gasteiger partial charge is 0.417 e. The van der Waals surface area contributed by atoms with Crippen LogP contribution >= 0.6 is 0 Å². The maximum atomic E-state index is 12.6. The zero-order valence-corrected chi connectivity index (χ0v) is 8.30. The zero-order chi connectivity index (χ0) is 11.8. The normalized spacial score (nSPS) is 15.6. The lowest BCUT2D eigenvalue weighted by Crippen LogP contribution is -2.11. The van der Waals surface area contributed by atoms with Crippen molar-refractivity contribution in [2.75, 3.05) is 5.32 Å². The number of hydrogen-bond donors (Lipinski definition) is 1. The minimum absolute atomic E-state index is 0.218. The quantitative estimate of drug-likeness (QED) is 0.840. The summed E-state index contributed by atoms with van der Waals surface area (Å²) in [6.45, 7) is 0. The molecule has 0 bridgehead atoms. The number of nitriles is 1. The number of halogens is 3. The van der Waals surface area contributed by atoms with Crippen LogP contribution in [-0.4, -0.2) is 6.04 Å². The highest BCUT2D eigenvalue weighted by Crippen LogP contribution is 2.36. The lowest BCUT2D eigenvalue weighted by atomic mass is 10.1. The highest BCUT2D eigenvalue weighted by Gasteiger charge is 2.35. The monoisotopic (exact) mass is 226 g/mol. The number of anilines is 1. The Morgan fingerprint density at radius 3 is 2.50 bits per heavy atom. The molecule has 0 heterocycles. The van der Waals surface area contributed by atoms with Crippen LogP contribution in [0.2, 0.25) is 0 Å². The number of alkyl halides is 3. The van der Waals surface area contributed by atoms with Crippen molar-refractivity contribution in [1.82, 2.24) is 0 Å². The third kappa shape index (κ3) is 2.11. The molecular formula is C11H9F3N2. The number of benzene rings is 1. The van der Waals surface area contributed by atoms with E-state index in [2.05, 4.69) is 5.32 Å². The second-order valence-electron chi connectivity index (χ2n) is 3.76. The molecule has 1 aromatic rings. The van der Waals surface area contributed by atoms with Crippen molar-refractivity contribution < 1.29 is 13.2 Å². The summed E-state index contributed by atoms with van der Waals surface area (Å²) in [7, 11) is 0. The predicted molar refractivity (Wildman–Crippen MR) is 52.8 cm³/mol. The van der Waals surface area contributed by atoms with Gasteiger partial charge in [0.15, 0.2) is 0 Å². The first-order valence-electron chi connectivity index (χ1n) is 4.89. The topological polar surface area (TPSA) is 35.8 Å². The summed E-state index contributed by atoms with van der Waals surface area (Å²) in [6, 6.07) is 5.59. The average molecular weight is 226 g/mol. The van der Waals surface area contributed by atoms with E-state index in [9.17, 15) is 13.2 Å². The second kappa shape index (κ2) is 3.71. The van der Waals surface area contributed by atoms with Crippen LogP contribution in [0.25, 0.3) is 0 Å². The molecule has 0 radical (unpaired) electrons. The van der Waals surface area contributed by atoms with E-state index in [0.717, 1.165) is 18.9 Å². The van der Waals surface area contributed by atoms with E-state index in [-0.39, 0.29) is 17.3 Å². The van der Waals surface area contributed by atoms with E-state index >= 15 is 0 Å². The molecule has 5 heteroatoms. The molecule has 1 N–H and O–H groups in total. The molecule has 1 aliphatic carbocycles. The van der Waals surface area contributed by atoms with Gasteiger partial charge in [0.2, 0.25) is 0 Å². The van der Waals surface area contributed by atoms with Gasteiger partial charge in [-0.2, -0.15) is 18.4 Å². The summed E-state index contributed by atoms with van der Waals surface area (Å²) in [5, 5.41) is 11.7. The van der Waals surface area contributed by atoms with Crippen LogP contribution < -0.4 is 5.32 Å². The summed E-state index contributed by atoms with van der Waals surface area (Å²) >= 11 is 0. The fourth-order valence-corrected chi connectivity index (χ4v) is 1.48. The molecule has 0 amide bonds. The van der Waals surface area contributed by atoms with Gasteiger partial charge in [0.25, 0.3) is 0 Å². The van der Waals surface area contributed by atoms with Gasteiger partial charge in [-0.1, -0.05) is 6.07 Å². The Morgan fingerprint density at radius 1 is 1.31 bits per heavy atom. The number of hydrogen-bond acceptors (Lipinski definition) is 2. The molecule has 2 rings (SSSR count). The molecule has 1 aromatic carbocycles. The number of nitrogens with one attached hydrogen (secondary N) is 1. The van der Waals surface area contributed by atoms with Crippen LogP contribution in [0.15, 0.2) is 18.2 Å².